The average Bonchev–Trinajstić information content (AvgIpc) is 3.03. The number of carbonyl (C=O) groups excluding carboxylic acids is 2. The first kappa shape index (κ1) is 15.6. The van der Waals surface area contributed by atoms with Gasteiger partial charge in [0.1, 0.15) is 6.54 Å². The van der Waals surface area contributed by atoms with Gasteiger partial charge in [0.05, 0.1) is 18.0 Å². The third kappa shape index (κ3) is 3.73. The molecule has 7 heteroatoms. The molecule has 2 heterocycles. The number of para-hydroxylation sites is 1. The molecule has 6 nitrogen and oxygen atoms in total. The number of fused-ring (bicyclic) bond motifs is 1. The molecule has 1 aliphatic heterocycles. The number of hydrogen-bond donors (Lipinski definition) is 1. The number of benzene rings is 1. The average molecular weight is 330 g/mol. The predicted octanol–water partition coefficient (Wildman–Crippen LogP) is 1.53. The van der Waals surface area contributed by atoms with Crippen molar-refractivity contribution in [1.29, 1.82) is 0 Å². The maximum absolute atomic E-state index is 12.3. The molecule has 0 saturated carbocycles. The van der Waals surface area contributed by atoms with Crippen LogP contribution in [0, 0.1) is 0 Å². The Kier molecular flexibility index (Phi) is 4.66. The Balaban J connectivity index is 1.62. The zero-order valence-electron chi connectivity index (χ0n) is 12.8. The molecule has 23 heavy (non-hydrogen) atoms. The van der Waals surface area contributed by atoms with Crippen molar-refractivity contribution in [2.45, 2.75) is 24.4 Å². The number of nitrogens with zero attached hydrogens (tertiary/aromatic N) is 3. The second-order valence-corrected chi connectivity index (χ2v) is 6.45. The number of carbonyl (C=O) groups is 2. The van der Waals surface area contributed by atoms with Crippen LogP contribution in [0.1, 0.15) is 6.92 Å². The fourth-order valence-corrected chi connectivity index (χ4v) is 3.46. The van der Waals surface area contributed by atoms with Crippen molar-refractivity contribution in [3.8, 4) is 0 Å². The second-order valence-electron chi connectivity index (χ2n) is 5.43. The standard InChI is InChI=1S/C16H18N4O2S/c1-12(9-19-8-4-7-17-19)18-15(21)10-20-13-5-2-3-6-14(13)23-11-16(20)22/h2-8,12H,9-11H2,1H3,(H,18,21). The summed E-state index contributed by atoms with van der Waals surface area (Å²) in [7, 11) is 0. The lowest BCUT2D eigenvalue weighted by Gasteiger charge is -2.28. The third-order valence-corrected chi connectivity index (χ3v) is 4.58. The lowest BCUT2D eigenvalue weighted by Crippen LogP contribution is -2.46. The summed E-state index contributed by atoms with van der Waals surface area (Å²) in [4.78, 5) is 27.0. The highest BCUT2D eigenvalue weighted by Crippen LogP contribution is 2.34. The molecule has 2 amide bonds. The molecule has 1 aromatic carbocycles. The van der Waals surface area contributed by atoms with E-state index in [4.69, 9.17) is 0 Å². The minimum absolute atomic E-state index is 0.0384. The molecule has 0 saturated heterocycles. The molecule has 1 aromatic heterocycles. The van der Waals surface area contributed by atoms with E-state index >= 15 is 0 Å². The van der Waals surface area contributed by atoms with Gasteiger partial charge in [-0.25, -0.2) is 0 Å². The van der Waals surface area contributed by atoms with Crippen LogP contribution in [0.5, 0.6) is 0 Å². The van der Waals surface area contributed by atoms with Crippen LogP contribution in [-0.4, -0.2) is 39.9 Å². The van der Waals surface area contributed by atoms with Gasteiger partial charge in [0.25, 0.3) is 0 Å². The van der Waals surface area contributed by atoms with E-state index < -0.39 is 0 Å². The lowest BCUT2D eigenvalue weighted by atomic mass is 10.2. The van der Waals surface area contributed by atoms with E-state index in [2.05, 4.69) is 10.4 Å². The summed E-state index contributed by atoms with van der Waals surface area (Å²) < 4.78 is 1.77. The molecule has 120 valence electrons. The SMILES string of the molecule is CC(Cn1cccn1)NC(=O)CN1C(=O)CSc2ccccc21. The van der Waals surface area contributed by atoms with Gasteiger partial charge in [0, 0.05) is 23.3 Å². The first-order valence-electron chi connectivity index (χ1n) is 7.42. The van der Waals surface area contributed by atoms with E-state index in [-0.39, 0.29) is 24.4 Å². The van der Waals surface area contributed by atoms with E-state index in [0.717, 1.165) is 10.6 Å². The zero-order valence-corrected chi connectivity index (χ0v) is 13.6. The lowest BCUT2D eigenvalue weighted by molar-refractivity contribution is -0.123. The Morgan fingerprint density at radius 2 is 2.22 bits per heavy atom. The van der Waals surface area contributed by atoms with E-state index in [0.29, 0.717) is 12.3 Å². The molecule has 0 spiro atoms. The first-order chi connectivity index (χ1) is 11.1. The molecule has 0 radical (unpaired) electrons. The summed E-state index contributed by atoms with van der Waals surface area (Å²) >= 11 is 1.51. The quantitative estimate of drug-likeness (QED) is 0.903. The number of anilines is 1. The summed E-state index contributed by atoms with van der Waals surface area (Å²) in [5.41, 5.74) is 0.809. The second kappa shape index (κ2) is 6.87. The van der Waals surface area contributed by atoms with E-state index in [1.54, 1.807) is 15.8 Å². The van der Waals surface area contributed by atoms with Crippen LogP contribution in [0.25, 0.3) is 0 Å². The Labute approximate surface area is 138 Å². The molecule has 1 N–H and O–H groups in total. The maximum Gasteiger partial charge on any atom is 0.240 e. The predicted molar refractivity (Wildman–Crippen MR) is 89.4 cm³/mol. The van der Waals surface area contributed by atoms with Crippen molar-refractivity contribution in [2.24, 2.45) is 0 Å². The van der Waals surface area contributed by atoms with Crippen LogP contribution in [0.15, 0.2) is 47.6 Å². The summed E-state index contributed by atoms with van der Waals surface area (Å²) in [6.45, 7) is 2.56. The summed E-state index contributed by atoms with van der Waals surface area (Å²) in [6.07, 6.45) is 3.56. The van der Waals surface area contributed by atoms with Crippen LogP contribution in [0.2, 0.25) is 0 Å². The first-order valence-corrected chi connectivity index (χ1v) is 8.41. The number of nitrogens with one attached hydrogen (secondary N) is 1. The van der Waals surface area contributed by atoms with Crippen molar-refractivity contribution < 1.29 is 9.59 Å². The third-order valence-electron chi connectivity index (χ3n) is 3.54. The molecule has 2 aromatic rings. The van der Waals surface area contributed by atoms with Gasteiger partial charge >= 0.3 is 0 Å². The molecular formula is C16H18N4O2S. The molecule has 1 unspecified atom stereocenters. The van der Waals surface area contributed by atoms with Crippen LogP contribution >= 0.6 is 11.8 Å². The van der Waals surface area contributed by atoms with Gasteiger partial charge in [-0.15, -0.1) is 11.8 Å². The van der Waals surface area contributed by atoms with Crippen molar-refractivity contribution >= 4 is 29.3 Å². The molecule has 1 aliphatic rings. The normalized spacial score (nSPS) is 15.2. The number of thioether (sulfide) groups is 1. The van der Waals surface area contributed by atoms with Crippen molar-refractivity contribution in [3.05, 3.63) is 42.7 Å². The van der Waals surface area contributed by atoms with Crippen LogP contribution in [0.4, 0.5) is 5.69 Å². The zero-order chi connectivity index (χ0) is 16.2. The fourth-order valence-electron chi connectivity index (χ4n) is 2.53. The number of rotatable bonds is 5. The van der Waals surface area contributed by atoms with Crippen molar-refractivity contribution in [2.75, 3.05) is 17.2 Å². The fraction of sp³-hybridized carbons (Fsp3) is 0.312. The van der Waals surface area contributed by atoms with Gasteiger partial charge < -0.3 is 10.2 Å². The molecule has 3 rings (SSSR count). The summed E-state index contributed by atoms with van der Waals surface area (Å²) in [6, 6.07) is 9.44. The van der Waals surface area contributed by atoms with E-state index in [1.807, 2.05) is 43.5 Å². The highest BCUT2D eigenvalue weighted by molar-refractivity contribution is 8.00. The van der Waals surface area contributed by atoms with Crippen LogP contribution < -0.4 is 10.2 Å². The molecule has 0 bridgehead atoms. The van der Waals surface area contributed by atoms with E-state index in [1.165, 1.54) is 11.8 Å². The Hall–Kier alpha value is -2.28. The largest absolute Gasteiger partial charge is 0.350 e. The van der Waals surface area contributed by atoms with Gasteiger partial charge in [-0.2, -0.15) is 5.10 Å². The van der Waals surface area contributed by atoms with Crippen molar-refractivity contribution in [1.82, 2.24) is 15.1 Å². The highest BCUT2D eigenvalue weighted by atomic mass is 32.2. The number of aromatic nitrogens is 2. The van der Waals surface area contributed by atoms with Crippen LogP contribution in [0.3, 0.4) is 0 Å². The van der Waals surface area contributed by atoms with Gasteiger partial charge in [-0.05, 0) is 25.1 Å². The molecule has 0 fully saturated rings. The monoisotopic (exact) mass is 330 g/mol. The molecule has 0 aliphatic carbocycles. The number of hydrogen-bond acceptors (Lipinski definition) is 4. The smallest absolute Gasteiger partial charge is 0.240 e. The Morgan fingerprint density at radius 1 is 1.39 bits per heavy atom. The topological polar surface area (TPSA) is 67.2 Å². The van der Waals surface area contributed by atoms with Gasteiger partial charge in [-0.1, -0.05) is 12.1 Å². The molecular weight excluding hydrogens is 312 g/mol. The summed E-state index contributed by atoms with van der Waals surface area (Å²) in [5, 5.41) is 7.04. The van der Waals surface area contributed by atoms with E-state index in [9.17, 15) is 9.59 Å². The summed E-state index contributed by atoms with van der Waals surface area (Å²) in [5.74, 6) is 0.163. The van der Waals surface area contributed by atoms with Crippen LogP contribution in [-0.2, 0) is 16.1 Å². The minimum atomic E-state index is -0.167. The Morgan fingerprint density at radius 3 is 3.00 bits per heavy atom. The highest BCUT2D eigenvalue weighted by Gasteiger charge is 2.26. The van der Waals surface area contributed by atoms with Gasteiger partial charge in [0.2, 0.25) is 11.8 Å². The number of amides is 2. The maximum atomic E-state index is 12.3. The molecule has 1 atom stereocenters. The van der Waals surface area contributed by atoms with Gasteiger partial charge in [0.15, 0.2) is 0 Å². The minimum Gasteiger partial charge on any atom is -0.350 e. The van der Waals surface area contributed by atoms with Gasteiger partial charge in [-0.3, -0.25) is 14.3 Å². The Bertz CT molecular complexity index is 702. The van der Waals surface area contributed by atoms with Crippen molar-refractivity contribution in [3.63, 3.8) is 0 Å².